The van der Waals surface area contributed by atoms with Gasteiger partial charge in [-0.15, -0.1) is 0 Å². The van der Waals surface area contributed by atoms with Gasteiger partial charge in [-0.2, -0.15) is 0 Å². The molecule has 0 heterocycles. The Hall–Kier alpha value is -0.320. The van der Waals surface area contributed by atoms with Crippen LogP contribution in [0.5, 0.6) is 0 Å². The van der Waals surface area contributed by atoms with Gasteiger partial charge in [0.05, 0.1) is 10.7 Å². The number of halogens is 2. The molecule has 2 nitrogen and oxygen atoms in total. The highest BCUT2D eigenvalue weighted by Crippen LogP contribution is 2.25. The minimum Gasteiger partial charge on any atom is -0.362 e. The molecule has 1 aromatic rings. The fourth-order valence-electron chi connectivity index (χ4n) is 0.998. The smallest absolute Gasteiger partial charge is 0.170 e. The van der Waals surface area contributed by atoms with Crippen LogP contribution in [0.2, 0.25) is 5.02 Å². The zero-order valence-corrected chi connectivity index (χ0v) is 11.5. The summed E-state index contributed by atoms with van der Waals surface area (Å²) < 4.78 is 0.965. The Morgan fingerprint density at radius 3 is 2.93 bits per heavy atom. The van der Waals surface area contributed by atoms with E-state index in [0.29, 0.717) is 10.1 Å². The van der Waals surface area contributed by atoms with Gasteiger partial charge in [0.15, 0.2) is 5.11 Å². The summed E-state index contributed by atoms with van der Waals surface area (Å²) in [5.41, 5.74) is 0.805. The van der Waals surface area contributed by atoms with Crippen molar-refractivity contribution in [2.45, 2.75) is 13.3 Å². The Balaban J connectivity index is 2.63. The van der Waals surface area contributed by atoms with E-state index in [9.17, 15) is 0 Å². The molecule has 0 radical (unpaired) electrons. The average Bonchev–Trinajstić information content (AvgIpc) is 2.20. The molecule has 0 aliphatic rings. The number of hydrogen-bond donors (Lipinski definition) is 2. The lowest BCUT2D eigenvalue weighted by Crippen LogP contribution is -2.28. The van der Waals surface area contributed by atoms with Crippen molar-refractivity contribution in [3.63, 3.8) is 0 Å². The first kappa shape index (κ1) is 12.7. The second-order valence-corrected chi connectivity index (χ2v) is 4.74. The van der Waals surface area contributed by atoms with Crippen molar-refractivity contribution in [3.8, 4) is 0 Å². The minimum atomic E-state index is 0.594. The van der Waals surface area contributed by atoms with E-state index in [2.05, 4.69) is 33.5 Å². The molecule has 0 fully saturated rings. The van der Waals surface area contributed by atoms with Crippen LogP contribution < -0.4 is 10.6 Å². The molecule has 82 valence electrons. The molecule has 0 aliphatic heterocycles. The first-order chi connectivity index (χ1) is 7.13. The summed E-state index contributed by atoms with van der Waals surface area (Å²) in [6.45, 7) is 2.94. The van der Waals surface area contributed by atoms with Gasteiger partial charge in [-0.1, -0.05) is 34.5 Å². The molecule has 0 atom stereocenters. The zero-order chi connectivity index (χ0) is 11.3. The Morgan fingerprint density at radius 2 is 2.27 bits per heavy atom. The van der Waals surface area contributed by atoms with Crippen molar-refractivity contribution >= 4 is 50.5 Å². The summed E-state index contributed by atoms with van der Waals surface area (Å²) in [5, 5.41) is 7.36. The summed E-state index contributed by atoms with van der Waals surface area (Å²) in [6.07, 6.45) is 1.04. The largest absolute Gasteiger partial charge is 0.362 e. The van der Waals surface area contributed by atoms with Crippen LogP contribution >= 0.6 is 39.7 Å². The normalized spacial score (nSPS) is 9.80. The standard InChI is InChI=1S/C10H12BrClN2S/c1-2-5-13-10(15)14-9-6-7(11)3-4-8(9)12/h3-4,6H,2,5H2,1H3,(H2,13,14,15). The second-order valence-electron chi connectivity index (χ2n) is 3.01. The van der Waals surface area contributed by atoms with Crippen molar-refractivity contribution in [2.24, 2.45) is 0 Å². The molecule has 0 aromatic heterocycles. The number of nitrogens with one attached hydrogen (secondary N) is 2. The molecule has 0 saturated heterocycles. The van der Waals surface area contributed by atoms with E-state index in [1.807, 2.05) is 18.2 Å². The number of thiocarbonyl (C=S) groups is 1. The van der Waals surface area contributed by atoms with Gasteiger partial charge in [0, 0.05) is 11.0 Å². The van der Waals surface area contributed by atoms with E-state index < -0.39 is 0 Å². The van der Waals surface area contributed by atoms with Crippen molar-refractivity contribution in [1.29, 1.82) is 0 Å². The summed E-state index contributed by atoms with van der Waals surface area (Å²) in [5.74, 6) is 0. The number of benzene rings is 1. The van der Waals surface area contributed by atoms with Crippen LogP contribution in [0.25, 0.3) is 0 Å². The van der Waals surface area contributed by atoms with Crippen LogP contribution in [0.3, 0.4) is 0 Å². The van der Waals surface area contributed by atoms with E-state index in [1.54, 1.807) is 0 Å². The quantitative estimate of drug-likeness (QED) is 0.831. The van der Waals surface area contributed by atoms with E-state index in [-0.39, 0.29) is 0 Å². The lowest BCUT2D eigenvalue weighted by molar-refractivity contribution is 0.846. The van der Waals surface area contributed by atoms with Gasteiger partial charge in [0.1, 0.15) is 0 Å². The SMILES string of the molecule is CCCNC(=S)Nc1cc(Br)ccc1Cl. The number of anilines is 1. The van der Waals surface area contributed by atoms with Gasteiger partial charge < -0.3 is 10.6 Å². The Bertz CT molecular complexity index is 357. The molecule has 1 rings (SSSR count). The molecule has 5 heteroatoms. The van der Waals surface area contributed by atoms with E-state index in [4.69, 9.17) is 23.8 Å². The molecule has 0 unspecified atom stereocenters. The van der Waals surface area contributed by atoms with Crippen LogP contribution in [0, 0.1) is 0 Å². The third-order valence-corrected chi connectivity index (χ3v) is 2.78. The van der Waals surface area contributed by atoms with Gasteiger partial charge >= 0.3 is 0 Å². The first-order valence-corrected chi connectivity index (χ1v) is 6.21. The first-order valence-electron chi connectivity index (χ1n) is 4.63. The minimum absolute atomic E-state index is 0.594. The van der Waals surface area contributed by atoms with Gasteiger partial charge in [-0.05, 0) is 36.8 Å². The van der Waals surface area contributed by atoms with Crippen molar-refractivity contribution in [1.82, 2.24) is 5.32 Å². The summed E-state index contributed by atoms with van der Waals surface area (Å²) in [7, 11) is 0. The molecular weight excluding hydrogens is 296 g/mol. The highest BCUT2D eigenvalue weighted by Gasteiger charge is 2.02. The molecule has 1 aromatic carbocycles. The fourth-order valence-corrected chi connectivity index (χ4v) is 1.74. The maximum Gasteiger partial charge on any atom is 0.170 e. The van der Waals surface area contributed by atoms with Crippen molar-refractivity contribution in [3.05, 3.63) is 27.7 Å². The third-order valence-electron chi connectivity index (χ3n) is 1.71. The lowest BCUT2D eigenvalue weighted by Gasteiger charge is -2.11. The van der Waals surface area contributed by atoms with Crippen LogP contribution in [-0.4, -0.2) is 11.7 Å². The zero-order valence-electron chi connectivity index (χ0n) is 8.31. The van der Waals surface area contributed by atoms with Crippen LogP contribution in [0.4, 0.5) is 5.69 Å². The van der Waals surface area contributed by atoms with Crippen LogP contribution in [0.15, 0.2) is 22.7 Å². The Kier molecular flexibility index (Phi) is 5.36. The Morgan fingerprint density at radius 1 is 1.53 bits per heavy atom. The highest BCUT2D eigenvalue weighted by atomic mass is 79.9. The fraction of sp³-hybridized carbons (Fsp3) is 0.300. The maximum absolute atomic E-state index is 6.00. The molecule has 0 bridgehead atoms. The molecule has 0 spiro atoms. The summed E-state index contributed by atoms with van der Waals surface area (Å²) >= 11 is 14.5. The van der Waals surface area contributed by atoms with Crippen molar-refractivity contribution in [2.75, 3.05) is 11.9 Å². The molecule has 0 aliphatic carbocycles. The predicted octanol–water partition coefficient (Wildman–Crippen LogP) is 3.80. The van der Waals surface area contributed by atoms with E-state index >= 15 is 0 Å². The summed E-state index contributed by atoms with van der Waals surface area (Å²) in [6, 6.07) is 5.59. The maximum atomic E-state index is 6.00. The topological polar surface area (TPSA) is 24.1 Å². The highest BCUT2D eigenvalue weighted by molar-refractivity contribution is 9.10. The second kappa shape index (κ2) is 6.30. The lowest BCUT2D eigenvalue weighted by atomic mass is 10.3. The van der Waals surface area contributed by atoms with Crippen molar-refractivity contribution < 1.29 is 0 Å². The van der Waals surface area contributed by atoms with Gasteiger partial charge in [0.2, 0.25) is 0 Å². The molecule has 0 amide bonds. The van der Waals surface area contributed by atoms with Crippen LogP contribution in [-0.2, 0) is 0 Å². The number of rotatable bonds is 3. The average molecular weight is 308 g/mol. The van der Waals surface area contributed by atoms with Gasteiger partial charge in [-0.25, -0.2) is 0 Å². The van der Waals surface area contributed by atoms with Gasteiger partial charge in [-0.3, -0.25) is 0 Å². The predicted molar refractivity (Wildman–Crippen MR) is 73.7 cm³/mol. The molecular formula is C10H12BrClN2S. The van der Waals surface area contributed by atoms with Crippen LogP contribution in [0.1, 0.15) is 13.3 Å². The number of hydrogen-bond acceptors (Lipinski definition) is 1. The van der Waals surface area contributed by atoms with E-state index in [1.165, 1.54) is 0 Å². The molecule has 15 heavy (non-hydrogen) atoms. The molecule has 2 N–H and O–H groups in total. The van der Waals surface area contributed by atoms with E-state index in [0.717, 1.165) is 23.1 Å². The monoisotopic (exact) mass is 306 g/mol. The van der Waals surface area contributed by atoms with Gasteiger partial charge in [0.25, 0.3) is 0 Å². The Labute approximate surface area is 109 Å². The third kappa shape index (κ3) is 4.36. The molecule has 0 saturated carbocycles. The summed E-state index contributed by atoms with van der Waals surface area (Å²) in [4.78, 5) is 0.